The number of nitrogens with two attached hydrogens (primary N) is 1. The molecule has 0 radical (unpaired) electrons. The highest BCUT2D eigenvalue weighted by Crippen LogP contribution is 2.21. The Hall–Kier alpha value is -1.40. The van der Waals surface area contributed by atoms with Crippen molar-refractivity contribution in [2.75, 3.05) is 16.4 Å². The maximum atomic E-state index is 11.5. The fourth-order valence-corrected chi connectivity index (χ4v) is 1.94. The fraction of sp³-hybridized carbons (Fsp3) is 0.182. The number of anilines is 2. The molecule has 0 fully saturated rings. The third-order valence-electron chi connectivity index (χ3n) is 2.23. The van der Waals surface area contributed by atoms with Crippen molar-refractivity contribution in [2.45, 2.75) is 6.42 Å². The number of halogens is 2. The van der Waals surface area contributed by atoms with Crippen LogP contribution in [0.5, 0.6) is 0 Å². The van der Waals surface area contributed by atoms with Gasteiger partial charge >= 0.3 is 0 Å². The number of rotatable bonds is 3. The molecule has 0 bridgehead atoms. The van der Waals surface area contributed by atoms with Crippen LogP contribution in [0.4, 0.5) is 11.6 Å². The van der Waals surface area contributed by atoms with Gasteiger partial charge in [-0.1, -0.05) is 27.5 Å². The summed E-state index contributed by atoms with van der Waals surface area (Å²) in [5.41, 5.74) is 6.96. The Kier molecular flexibility index (Phi) is 3.98. The predicted octanol–water partition coefficient (Wildman–Crippen LogP) is 2.59. The first-order valence-corrected chi connectivity index (χ1v) is 6.68. The Morgan fingerprint density at radius 1 is 1.39 bits per heavy atom. The van der Waals surface area contributed by atoms with Gasteiger partial charge in [0.05, 0.1) is 11.0 Å². The van der Waals surface area contributed by atoms with E-state index < -0.39 is 0 Å². The summed E-state index contributed by atoms with van der Waals surface area (Å²) in [6.45, 7) is 0. The van der Waals surface area contributed by atoms with Gasteiger partial charge in [-0.2, -0.15) is 0 Å². The van der Waals surface area contributed by atoms with Crippen LogP contribution < -0.4 is 11.1 Å². The minimum absolute atomic E-state index is 0.166. The van der Waals surface area contributed by atoms with Gasteiger partial charge in [0.25, 0.3) is 0 Å². The number of nitrogens with one attached hydrogen (secondary N) is 1. The molecule has 0 aliphatic carbocycles. The Morgan fingerprint density at radius 3 is 2.89 bits per heavy atom. The van der Waals surface area contributed by atoms with Crippen molar-refractivity contribution in [1.29, 1.82) is 0 Å². The van der Waals surface area contributed by atoms with Crippen LogP contribution in [0.15, 0.2) is 18.2 Å². The zero-order chi connectivity index (χ0) is 13.1. The number of carbonyl (C=O) groups excluding carboxylic acids is 1. The number of hydrogen-bond donors (Lipinski definition) is 2. The van der Waals surface area contributed by atoms with Crippen LogP contribution in [0.2, 0.25) is 5.02 Å². The molecule has 0 atom stereocenters. The molecule has 0 aliphatic heterocycles. The summed E-state index contributed by atoms with van der Waals surface area (Å²) in [4.78, 5) is 19.9. The molecule has 1 amide bonds. The highest BCUT2D eigenvalue weighted by molar-refractivity contribution is 9.09. The van der Waals surface area contributed by atoms with Crippen molar-refractivity contribution >= 4 is 56.1 Å². The van der Waals surface area contributed by atoms with Crippen LogP contribution in [-0.4, -0.2) is 21.2 Å². The van der Waals surface area contributed by atoms with Gasteiger partial charge in [-0.15, -0.1) is 0 Å². The zero-order valence-electron chi connectivity index (χ0n) is 9.28. The number of hydrogen-bond acceptors (Lipinski definition) is 4. The zero-order valence-corrected chi connectivity index (χ0v) is 11.6. The molecule has 0 unspecified atom stereocenters. The van der Waals surface area contributed by atoms with E-state index in [9.17, 15) is 4.79 Å². The number of fused-ring (bicyclic) bond motifs is 1. The standard InChI is InChI=1S/C11H10BrClN4O/c12-4-3-9(18)17-11-10(14)15-8-5-6(13)1-2-7(8)16-11/h1-2,5H,3-4H2,(H2,14,15)(H,16,17,18). The van der Waals surface area contributed by atoms with Gasteiger partial charge in [-0.05, 0) is 18.2 Å². The molecule has 7 heteroatoms. The molecule has 0 saturated heterocycles. The van der Waals surface area contributed by atoms with Crippen molar-refractivity contribution in [3.63, 3.8) is 0 Å². The van der Waals surface area contributed by atoms with E-state index in [1.165, 1.54) is 0 Å². The fourth-order valence-electron chi connectivity index (χ4n) is 1.41. The van der Waals surface area contributed by atoms with Crippen molar-refractivity contribution in [3.05, 3.63) is 23.2 Å². The first-order valence-electron chi connectivity index (χ1n) is 5.19. The summed E-state index contributed by atoms with van der Waals surface area (Å²) in [6.07, 6.45) is 0.347. The maximum absolute atomic E-state index is 11.5. The SMILES string of the molecule is Nc1nc2cc(Cl)ccc2nc1NC(=O)CCBr. The molecule has 94 valence electrons. The summed E-state index contributed by atoms with van der Waals surface area (Å²) < 4.78 is 0. The van der Waals surface area contributed by atoms with Crippen molar-refractivity contribution < 1.29 is 4.79 Å². The lowest BCUT2D eigenvalue weighted by Gasteiger charge is -2.07. The monoisotopic (exact) mass is 328 g/mol. The highest BCUT2D eigenvalue weighted by Gasteiger charge is 2.09. The highest BCUT2D eigenvalue weighted by atomic mass is 79.9. The molecule has 0 aliphatic rings. The predicted molar refractivity (Wildman–Crippen MR) is 76.0 cm³/mol. The van der Waals surface area contributed by atoms with E-state index >= 15 is 0 Å². The van der Waals surface area contributed by atoms with E-state index in [0.29, 0.717) is 27.8 Å². The molecule has 2 aromatic rings. The normalized spacial score (nSPS) is 10.6. The van der Waals surface area contributed by atoms with E-state index in [1.54, 1.807) is 18.2 Å². The van der Waals surface area contributed by atoms with Gasteiger partial charge in [0.15, 0.2) is 11.6 Å². The number of carbonyl (C=O) groups is 1. The lowest BCUT2D eigenvalue weighted by atomic mass is 10.3. The van der Waals surface area contributed by atoms with E-state index in [1.807, 2.05) is 0 Å². The molecule has 1 aromatic carbocycles. The van der Waals surface area contributed by atoms with Gasteiger partial charge in [-0.3, -0.25) is 4.79 Å². The molecule has 5 nitrogen and oxygen atoms in total. The lowest BCUT2D eigenvalue weighted by molar-refractivity contribution is -0.115. The van der Waals surface area contributed by atoms with Crippen LogP contribution >= 0.6 is 27.5 Å². The summed E-state index contributed by atoms with van der Waals surface area (Å²) >= 11 is 9.04. The number of nitrogen functional groups attached to an aromatic ring is 1. The van der Waals surface area contributed by atoms with E-state index in [2.05, 4.69) is 31.2 Å². The molecule has 3 N–H and O–H groups in total. The summed E-state index contributed by atoms with van der Waals surface area (Å²) in [5, 5.41) is 3.76. The Labute approximate surface area is 117 Å². The number of aromatic nitrogens is 2. The first kappa shape index (κ1) is 13.0. The van der Waals surface area contributed by atoms with Gasteiger partial charge < -0.3 is 11.1 Å². The number of amides is 1. The second kappa shape index (κ2) is 5.49. The van der Waals surface area contributed by atoms with E-state index in [-0.39, 0.29) is 17.5 Å². The van der Waals surface area contributed by atoms with Gasteiger partial charge in [0, 0.05) is 16.8 Å². The van der Waals surface area contributed by atoms with Crippen molar-refractivity contribution in [2.24, 2.45) is 0 Å². The van der Waals surface area contributed by atoms with Crippen LogP contribution in [0.3, 0.4) is 0 Å². The molecule has 18 heavy (non-hydrogen) atoms. The Morgan fingerprint density at radius 2 is 2.17 bits per heavy atom. The average molecular weight is 330 g/mol. The first-order chi connectivity index (χ1) is 8.60. The molecular formula is C11H10BrClN4O. The lowest BCUT2D eigenvalue weighted by Crippen LogP contribution is -2.15. The smallest absolute Gasteiger partial charge is 0.226 e. The number of nitrogens with zero attached hydrogens (tertiary/aromatic N) is 2. The van der Waals surface area contributed by atoms with Crippen LogP contribution in [-0.2, 0) is 4.79 Å². The quantitative estimate of drug-likeness (QED) is 0.848. The second-order valence-electron chi connectivity index (χ2n) is 3.58. The molecule has 0 saturated carbocycles. The average Bonchev–Trinajstić information content (AvgIpc) is 2.31. The van der Waals surface area contributed by atoms with Gasteiger partial charge in [0.2, 0.25) is 5.91 Å². The molecule has 1 heterocycles. The molecular weight excluding hydrogens is 320 g/mol. The number of alkyl halides is 1. The summed E-state index contributed by atoms with van der Waals surface area (Å²) in [6, 6.07) is 5.10. The molecule has 1 aromatic heterocycles. The van der Waals surface area contributed by atoms with Gasteiger partial charge in [-0.25, -0.2) is 9.97 Å². The Balaban J connectivity index is 2.37. The summed E-state index contributed by atoms with van der Waals surface area (Å²) in [7, 11) is 0. The summed E-state index contributed by atoms with van der Waals surface area (Å²) in [5.74, 6) is 0.282. The minimum Gasteiger partial charge on any atom is -0.381 e. The van der Waals surface area contributed by atoms with Crippen molar-refractivity contribution in [1.82, 2.24) is 9.97 Å². The van der Waals surface area contributed by atoms with Crippen LogP contribution in [0.25, 0.3) is 11.0 Å². The van der Waals surface area contributed by atoms with E-state index in [4.69, 9.17) is 17.3 Å². The third-order valence-corrected chi connectivity index (χ3v) is 2.86. The van der Waals surface area contributed by atoms with Gasteiger partial charge in [0.1, 0.15) is 0 Å². The maximum Gasteiger partial charge on any atom is 0.226 e. The third kappa shape index (κ3) is 2.88. The van der Waals surface area contributed by atoms with E-state index in [0.717, 1.165) is 0 Å². The number of benzene rings is 1. The topological polar surface area (TPSA) is 80.9 Å². The second-order valence-corrected chi connectivity index (χ2v) is 4.81. The van der Waals surface area contributed by atoms with Crippen LogP contribution in [0.1, 0.15) is 6.42 Å². The largest absolute Gasteiger partial charge is 0.381 e. The Bertz CT molecular complexity index is 605. The van der Waals surface area contributed by atoms with Crippen molar-refractivity contribution in [3.8, 4) is 0 Å². The van der Waals surface area contributed by atoms with Crippen LogP contribution in [0, 0.1) is 0 Å². The minimum atomic E-state index is -0.166. The molecule has 2 rings (SSSR count). The molecule has 0 spiro atoms.